The number of nitrogens with one attached hydrogen (secondary N) is 1. The third kappa shape index (κ3) is 2.31. The van der Waals surface area contributed by atoms with E-state index < -0.39 is 5.97 Å². The van der Waals surface area contributed by atoms with Gasteiger partial charge in [-0.3, -0.25) is 4.79 Å². The van der Waals surface area contributed by atoms with E-state index >= 15 is 0 Å². The molecule has 0 saturated carbocycles. The summed E-state index contributed by atoms with van der Waals surface area (Å²) >= 11 is 2.13. The van der Waals surface area contributed by atoms with E-state index in [1.54, 1.807) is 31.2 Å². The van der Waals surface area contributed by atoms with Crippen molar-refractivity contribution in [3.8, 4) is 11.3 Å². The Morgan fingerprint density at radius 1 is 1.28 bits per heavy atom. The van der Waals surface area contributed by atoms with Gasteiger partial charge in [0.05, 0.1) is 5.56 Å². The number of aromatic carboxylic acids is 1. The molecule has 0 aliphatic rings. The third-order valence-corrected chi connectivity index (χ3v) is 3.58. The van der Waals surface area contributed by atoms with Crippen molar-refractivity contribution in [3.63, 3.8) is 0 Å². The molecule has 0 radical (unpaired) electrons. The fourth-order valence-electron chi connectivity index (χ4n) is 1.83. The summed E-state index contributed by atoms with van der Waals surface area (Å²) in [4.78, 5) is 25.2. The van der Waals surface area contributed by atoms with Crippen LogP contribution in [-0.2, 0) is 0 Å². The molecule has 0 bridgehead atoms. The van der Waals surface area contributed by atoms with Crippen LogP contribution in [0.2, 0.25) is 0 Å². The van der Waals surface area contributed by atoms with Gasteiger partial charge in [0, 0.05) is 20.9 Å². The summed E-state index contributed by atoms with van der Waals surface area (Å²) in [7, 11) is 0. The Bertz CT molecular complexity index is 676. The van der Waals surface area contributed by atoms with Gasteiger partial charge in [-0.1, -0.05) is 6.07 Å². The molecule has 0 saturated heterocycles. The highest BCUT2D eigenvalue weighted by molar-refractivity contribution is 14.1. The van der Waals surface area contributed by atoms with Crippen LogP contribution in [0.25, 0.3) is 11.3 Å². The second-order valence-electron chi connectivity index (χ2n) is 3.83. The quantitative estimate of drug-likeness (QED) is 0.814. The summed E-state index contributed by atoms with van der Waals surface area (Å²) < 4.78 is 0.900. The average molecular weight is 355 g/mol. The van der Waals surface area contributed by atoms with Gasteiger partial charge in [-0.05, 0) is 53.3 Å². The molecule has 0 spiro atoms. The monoisotopic (exact) mass is 355 g/mol. The van der Waals surface area contributed by atoms with Gasteiger partial charge in [-0.15, -0.1) is 0 Å². The number of pyridine rings is 1. The molecule has 2 aromatic rings. The summed E-state index contributed by atoms with van der Waals surface area (Å²) in [5.74, 6) is -0.969. The van der Waals surface area contributed by atoms with E-state index in [-0.39, 0.29) is 11.1 Å². The molecule has 0 aliphatic heterocycles. The molecule has 1 heterocycles. The molecule has 0 atom stereocenters. The first-order valence-corrected chi connectivity index (χ1v) is 6.30. The Morgan fingerprint density at radius 3 is 2.61 bits per heavy atom. The van der Waals surface area contributed by atoms with Crippen LogP contribution in [0, 0.1) is 10.5 Å². The van der Waals surface area contributed by atoms with Crippen molar-refractivity contribution in [2.75, 3.05) is 0 Å². The first-order chi connectivity index (χ1) is 8.50. The lowest BCUT2D eigenvalue weighted by Crippen LogP contribution is -2.07. The summed E-state index contributed by atoms with van der Waals surface area (Å²) in [5, 5.41) is 9.11. The molecule has 2 N–H and O–H groups in total. The number of hydrogen-bond acceptors (Lipinski definition) is 2. The van der Waals surface area contributed by atoms with Gasteiger partial charge < -0.3 is 10.1 Å². The topological polar surface area (TPSA) is 70.2 Å². The summed E-state index contributed by atoms with van der Waals surface area (Å²) in [5.41, 5.74) is 2.08. The predicted octanol–water partition coefficient (Wildman–Crippen LogP) is 2.65. The molecular formula is C13H10INO3. The molecule has 0 unspecified atom stereocenters. The van der Waals surface area contributed by atoms with Gasteiger partial charge in [0.1, 0.15) is 0 Å². The fourth-order valence-corrected chi connectivity index (χ4v) is 2.71. The van der Waals surface area contributed by atoms with E-state index in [1.165, 1.54) is 6.07 Å². The minimum atomic E-state index is -0.969. The SMILES string of the molecule is Cc1c(C(=O)O)ccc(I)c1-c1cccc(=O)[nH]1. The van der Waals surface area contributed by atoms with Gasteiger partial charge in [0.2, 0.25) is 5.56 Å². The van der Waals surface area contributed by atoms with Crippen LogP contribution in [0.1, 0.15) is 15.9 Å². The minimum absolute atomic E-state index is 0.205. The normalized spacial score (nSPS) is 10.3. The number of carboxylic acid groups (broad SMARTS) is 1. The highest BCUT2D eigenvalue weighted by atomic mass is 127. The van der Waals surface area contributed by atoms with Crippen molar-refractivity contribution in [3.05, 3.63) is 55.4 Å². The van der Waals surface area contributed by atoms with Gasteiger partial charge in [0.25, 0.3) is 0 Å². The molecule has 2 rings (SSSR count). The van der Waals surface area contributed by atoms with E-state index in [0.717, 1.165) is 9.13 Å². The van der Waals surface area contributed by atoms with Crippen LogP contribution < -0.4 is 5.56 Å². The Labute approximate surface area is 117 Å². The van der Waals surface area contributed by atoms with Crippen LogP contribution in [-0.4, -0.2) is 16.1 Å². The number of halogens is 1. The van der Waals surface area contributed by atoms with Crippen LogP contribution in [0.5, 0.6) is 0 Å². The first kappa shape index (κ1) is 12.8. The summed E-state index contributed by atoms with van der Waals surface area (Å²) in [6.45, 7) is 1.74. The molecule has 1 aromatic heterocycles. The van der Waals surface area contributed by atoms with Gasteiger partial charge in [-0.25, -0.2) is 4.79 Å². The zero-order valence-corrected chi connectivity index (χ0v) is 11.7. The molecule has 0 aliphatic carbocycles. The van der Waals surface area contributed by atoms with Gasteiger partial charge in [-0.2, -0.15) is 0 Å². The lowest BCUT2D eigenvalue weighted by Gasteiger charge is -2.11. The number of H-pyrrole nitrogens is 1. The highest BCUT2D eigenvalue weighted by Gasteiger charge is 2.15. The van der Waals surface area contributed by atoms with Crippen molar-refractivity contribution in [1.29, 1.82) is 0 Å². The van der Waals surface area contributed by atoms with Crippen molar-refractivity contribution in [2.45, 2.75) is 6.92 Å². The predicted molar refractivity (Wildman–Crippen MR) is 76.9 cm³/mol. The van der Waals surface area contributed by atoms with Crippen molar-refractivity contribution < 1.29 is 9.90 Å². The van der Waals surface area contributed by atoms with Crippen LogP contribution in [0.15, 0.2) is 35.1 Å². The standard InChI is InChI=1S/C13H10INO3/c1-7-8(13(17)18)5-6-9(14)12(7)10-3-2-4-11(16)15-10/h2-6H,1H3,(H,15,16)(H,17,18). The van der Waals surface area contributed by atoms with Gasteiger partial charge in [0.15, 0.2) is 0 Å². The number of aromatic amines is 1. The number of carboxylic acids is 1. The molecule has 0 amide bonds. The van der Waals surface area contributed by atoms with Gasteiger partial charge >= 0.3 is 5.97 Å². The smallest absolute Gasteiger partial charge is 0.335 e. The maximum atomic E-state index is 11.3. The number of carbonyl (C=O) groups is 1. The first-order valence-electron chi connectivity index (χ1n) is 5.23. The van der Waals surface area contributed by atoms with E-state index in [2.05, 4.69) is 27.6 Å². The van der Waals surface area contributed by atoms with Crippen LogP contribution >= 0.6 is 22.6 Å². The Hall–Kier alpha value is -1.63. The van der Waals surface area contributed by atoms with Crippen molar-refractivity contribution in [1.82, 2.24) is 4.98 Å². The minimum Gasteiger partial charge on any atom is -0.478 e. The van der Waals surface area contributed by atoms with Crippen LogP contribution in [0.3, 0.4) is 0 Å². The van der Waals surface area contributed by atoms with E-state index in [1.807, 2.05) is 0 Å². The zero-order valence-electron chi connectivity index (χ0n) is 9.53. The lowest BCUT2D eigenvalue weighted by atomic mass is 10.00. The maximum absolute atomic E-state index is 11.3. The molecule has 1 aromatic carbocycles. The van der Waals surface area contributed by atoms with Crippen molar-refractivity contribution in [2.24, 2.45) is 0 Å². The molecule has 18 heavy (non-hydrogen) atoms. The van der Waals surface area contributed by atoms with E-state index in [0.29, 0.717) is 11.3 Å². The van der Waals surface area contributed by atoms with E-state index in [4.69, 9.17) is 5.11 Å². The average Bonchev–Trinajstić information content (AvgIpc) is 2.28. The largest absolute Gasteiger partial charge is 0.478 e. The number of rotatable bonds is 2. The summed E-state index contributed by atoms with van der Waals surface area (Å²) in [6, 6.07) is 8.14. The number of hydrogen-bond donors (Lipinski definition) is 2. The van der Waals surface area contributed by atoms with Crippen LogP contribution in [0.4, 0.5) is 0 Å². The lowest BCUT2D eigenvalue weighted by molar-refractivity contribution is 0.0696. The molecular weight excluding hydrogens is 345 g/mol. The van der Waals surface area contributed by atoms with Crippen molar-refractivity contribution >= 4 is 28.6 Å². The molecule has 4 nitrogen and oxygen atoms in total. The molecule has 92 valence electrons. The maximum Gasteiger partial charge on any atom is 0.335 e. The zero-order chi connectivity index (χ0) is 13.3. The fraction of sp³-hybridized carbons (Fsp3) is 0.0769. The number of aromatic nitrogens is 1. The number of benzene rings is 1. The second-order valence-corrected chi connectivity index (χ2v) is 4.99. The Balaban J connectivity index is 2.74. The highest BCUT2D eigenvalue weighted by Crippen LogP contribution is 2.29. The Kier molecular flexibility index (Phi) is 3.51. The third-order valence-electron chi connectivity index (χ3n) is 2.68. The molecule has 0 fully saturated rings. The van der Waals surface area contributed by atoms with E-state index in [9.17, 15) is 9.59 Å². The Morgan fingerprint density at radius 2 is 2.00 bits per heavy atom. The second kappa shape index (κ2) is 4.93. The molecule has 5 heteroatoms. The summed E-state index contributed by atoms with van der Waals surface area (Å²) in [6.07, 6.45) is 0.